The molecule has 0 aliphatic rings. The van der Waals surface area contributed by atoms with Gasteiger partial charge in [-0.2, -0.15) is 0 Å². The van der Waals surface area contributed by atoms with Gasteiger partial charge in [0.1, 0.15) is 6.04 Å². The number of ether oxygens (including phenoxy) is 1. The Morgan fingerprint density at radius 3 is 2.52 bits per heavy atom. The third-order valence-electron chi connectivity index (χ3n) is 3.39. The molecule has 1 N–H and O–H groups in total. The molecule has 116 valence electrons. The fourth-order valence-corrected chi connectivity index (χ4v) is 1.82. The summed E-state index contributed by atoms with van der Waals surface area (Å²) in [6.07, 6.45) is 1.76. The van der Waals surface area contributed by atoms with E-state index in [1.54, 1.807) is 0 Å². The van der Waals surface area contributed by atoms with Crippen molar-refractivity contribution in [2.24, 2.45) is 0 Å². The van der Waals surface area contributed by atoms with E-state index in [0.29, 0.717) is 26.1 Å². The highest BCUT2D eigenvalue weighted by atomic mass is 16.5. The molecule has 0 aliphatic carbocycles. The van der Waals surface area contributed by atoms with Gasteiger partial charge in [-0.1, -0.05) is 30.3 Å². The molecular weight excluding hydrogens is 270 g/mol. The molecule has 0 saturated carbocycles. The Balaban J connectivity index is 2.11. The second kappa shape index (κ2) is 9.13. The molecule has 5 nitrogen and oxygen atoms in total. The molecule has 0 aliphatic heterocycles. The van der Waals surface area contributed by atoms with E-state index in [-0.39, 0.29) is 5.91 Å². The van der Waals surface area contributed by atoms with Crippen LogP contribution in [-0.2, 0) is 20.7 Å². The number of hydrogen-bond acceptors (Lipinski definition) is 3. The van der Waals surface area contributed by atoms with Gasteiger partial charge in [-0.3, -0.25) is 4.79 Å². The van der Waals surface area contributed by atoms with E-state index in [1.165, 1.54) is 24.4 Å². The van der Waals surface area contributed by atoms with Crippen LogP contribution in [0.15, 0.2) is 30.3 Å². The van der Waals surface area contributed by atoms with E-state index in [9.17, 15) is 9.59 Å². The van der Waals surface area contributed by atoms with E-state index >= 15 is 0 Å². The maximum atomic E-state index is 11.8. The van der Waals surface area contributed by atoms with Crippen molar-refractivity contribution < 1.29 is 19.4 Å². The largest absolute Gasteiger partial charge is 0.480 e. The Morgan fingerprint density at radius 2 is 1.90 bits per heavy atom. The minimum atomic E-state index is -0.995. The van der Waals surface area contributed by atoms with Gasteiger partial charge in [0.2, 0.25) is 5.91 Å². The van der Waals surface area contributed by atoms with Gasteiger partial charge in [-0.15, -0.1) is 0 Å². The van der Waals surface area contributed by atoms with Crippen molar-refractivity contribution in [2.75, 3.05) is 20.3 Å². The van der Waals surface area contributed by atoms with Gasteiger partial charge in [0.25, 0.3) is 0 Å². The molecule has 1 rings (SSSR count). The first-order valence-electron chi connectivity index (χ1n) is 7.12. The van der Waals surface area contributed by atoms with Crippen LogP contribution in [0.3, 0.4) is 0 Å². The summed E-state index contributed by atoms with van der Waals surface area (Å²) in [7, 11) is 1.51. The van der Waals surface area contributed by atoms with Gasteiger partial charge in [-0.25, -0.2) is 4.79 Å². The molecule has 5 heteroatoms. The van der Waals surface area contributed by atoms with E-state index in [0.717, 1.165) is 6.42 Å². The number of hydrogen-bond donors (Lipinski definition) is 1. The van der Waals surface area contributed by atoms with E-state index < -0.39 is 12.0 Å². The van der Waals surface area contributed by atoms with Crippen molar-refractivity contribution in [3.63, 3.8) is 0 Å². The highest BCUT2D eigenvalue weighted by Crippen LogP contribution is 2.03. The summed E-state index contributed by atoms with van der Waals surface area (Å²) in [6, 6.07) is 9.27. The molecule has 0 heterocycles. The number of carboxylic acids is 1. The number of carbonyl (C=O) groups excluding carboxylic acids is 1. The number of likely N-dealkylation sites (N-methyl/N-ethyl adjacent to an activating group) is 1. The van der Waals surface area contributed by atoms with Gasteiger partial charge < -0.3 is 14.7 Å². The molecule has 1 atom stereocenters. The number of nitrogens with zero attached hydrogens (tertiary/aromatic N) is 1. The van der Waals surface area contributed by atoms with Crippen molar-refractivity contribution in [2.45, 2.75) is 32.2 Å². The standard InChI is InChI=1S/C16H23NO4/c1-13(16(19)20)17(2)15(18)9-6-11-21-12-10-14-7-4-3-5-8-14/h3-5,7-8,13H,6,9-12H2,1-2H3,(H,19,20). The maximum Gasteiger partial charge on any atom is 0.326 e. The SMILES string of the molecule is CC(C(=O)O)N(C)C(=O)CCCOCCc1ccccc1. The number of rotatable bonds is 9. The summed E-state index contributed by atoms with van der Waals surface area (Å²) < 4.78 is 5.49. The molecule has 1 unspecified atom stereocenters. The Kier molecular flexibility index (Phi) is 7.46. The van der Waals surface area contributed by atoms with Gasteiger partial charge in [0, 0.05) is 20.1 Å². The van der Waals surface area contributed by atoms with Crippen molar-refractivity contribution in [3.05, 3.63) is 35.9 Å². The Hall–Kier alpha value is -1.88. The lowest BCUT2D eigenvalue weighted by molar-refractivity contribution is -0.148. The molecule has 0 spiro atoms. The summed E-state index contributed by atoms with van der Waals surface area (Å²) in [5.74, 6) is -1.17. The van der Waals surface area contributed by atoms with Gasteiger partial charge in [0.05, 0.1) is 6.61 Å². The van der Waals surface area contributed by atoms with Crippen LogP contribution in [0.5, 0.6) is 0 Å². The first-order valence-corrected chi connectivity index (χ1v) is 7.12. The molecule has 1 aromatic rings. The van der Waals surface area contributed by atoms with Gasteiger partial charge in [-0.05, 0) is 25.3 Å². The highest BCUT2D eigenvalue weighted by molar-refractivity contribution is 5.83. The van der Waals surface area contributed by atoms with Crippen molar-refractivity contribution in [1.29, 1.82) is 0 Å². The van der Waals surface area contributed by atoms with Gasteiger partial charge in [0.15, 0.2) is 0 Å². The molecule has 0 saturated heterocycles. The number of benzene rings is 1. The van der Waals surface area contributed by atoms with Gasteiger partial charge >= 0.3 is 5.97 Å². The molecule has 1 aromatic carbocycles. The zero-order valence-corrected chi connectivity index (χ0v) is 12.6. The second-order valence-electron chi connectivity index (χ2n) is 4.97. The summed E-state index contributed by atoms with van der Waals surface area (Å²) in [6.45, 7) is 2.63. The first kappa shape index (κ1) is 17.2. The maximum absolute atomic E-state index is 11.8. The van der Waals surface area contributed by atoms with Crippen LogP contribution in [0.2, 0.25) is 0 Å². The summed E-state index contributed by atoms with van der Waals surface area (Å²) >= 11 is 0. The topological polar surface area (TPSA) is 66.8 Å². The smallest absolute Gasteiger partial charge is 0.326 e. The zero-order valence-electron chi connectivity index (χ0n) is 12.6. The average Bonchev–Trinajstić information content (AvgIpc) is 2.49. The Labute approximate surface area is 125 Å². The molecule has 1 amide bonds. The van der Waals surface area contributed by atoms with E-state index in [1.807, 2.05) is 18.2 Å². The third-order valence-corrected chi connectivity index (χ3v) is 3.39. The Morgan fingerprint density at radius 1 is 1.24 bits per heavy atom. The van der Waals surface area contributed by atoms with Crippen LogP contribution in [0, 0.1) is 0 Å². The zero-order chi connectivity index (χ0) is 15.7. The fourth-order valence-electron chi connectivity index (χ4n) is 1.82. The summed E-state index contributed by atoms with van der Waals surface area (Å²) in [4.78, 5) is 23.8. The van der Waals surface area contributed by atoms with Crippen LogP contribution >= 0.6 is 0 Å². The van der Waals surface area contributed by atoms with E-state index in [4.69, 9.17) is 9.84 Å². The predicted molar refractivity (Wildman–Crippen MR) is 80.1 cm³/mol. The molecule has 21 heavy (non-hydrogen) atoms. The van der Waals surface area contributed by atoms with Crippen LogP contribution in [0.25, 0.3) is 0 Å². The second-order valence-corrected chi connectivity index (χ2v) is 4.97. The highest BCUT2D eigenvalue weighted by Gasteiger charge is 2.20. The lowest BCUT2D eigenvalue weighted by Crippen LogP contribution is -2.40. The quantitative estimate of drug-likeness (QED) is 0.707. The molecule has 0 bridgehead atoms. The molecule has 0 radical (unpaired) electrons. The lowest BCUT2D eigenvalue weighted by Gasteiger charge is -2.21. The number of carboxylic acid groups (broad SMARTS) is 1. The summed E-state index contributed by atoms with van der Waals surface area (Å²) in [5, 5.41) is 8.83. The molecule has 0 aromatic heterocycles. The Bertz CT molecular complexity index is 447. The molecule has 0 fully saturated rings. The minimum absolute atomic E-state index is 0.170. The molecular formula is C16H23NO4. The first-order chi connectivity index (χ1) is 10.0. The monoisotopic (exact) mass is 293 g/mol. The van der Waals surface area contributed by atoms with Crippen LogP contribution in [0.4, 0.5) is 0 Å². The predicted octanol–water partition coefficient (Wildman–Crippen LogP) is 1.96. The minimum Gasteiger partial charge on any atom is -0.480 e. The fraction of sp³-hybridized carbons (Fsp3) is 0.500. The van der Waals surface area contributed by atoms with Crippen LogP contribution in [-0.4, -0.2) is 48.2 Å². The number of aliphatic carboxylic acids is 1. The lowest BCUT2D eigenvalue weighted by atomic mass is 10.2. The van der Waals surface area contributed by atoms with Crippen LogP contribution in [0.1, 0.15) is 25.3 Å². The summed E-state index contributed by atoms with van der Waals surface area (Å²) in [5.41, 5.74) is 1.23. The number of amides is 1. The third kappa shape index (κ3) is 6.40. The van der Waals surface area contributed by atoms with E-state index in [2.05, 4.69) is 12.1 Å². The average molecular weight is 293 g/mol. The van der Waals surface area contributed by atoms with Crippen molar-refractivity contribution in [3.8, 4) is 0 Å². The van der Waals surface area contributed by atoms with Crippen molar-refractivity contribution in [1.82, 2.24) is 4.90 Å². The van der Waals surface area contributed by atoms with Crippen LogP contribution < -0.4 is 0 Å². The van der Waals surface area contributed by atoms with Crippen molar-refractivity contribution >= 4 is 11.9 Å². The normalized spacial score (nSPS) is 11.9. The number of carbonyl (C=O) groups is 2.